The van der Waals surface area contributed by atoms with Crippen LogP contribution in [-0.4, -0.2) is 34.2 Å². The Hall–Kier alpha value is -2.41. The van der Waals surface area contributed by atoms with Crippen molar-refractivity contribution in [3.05, 3.63) is 144 Å². The van der Waals surface area contributed by atoms with Crippen LogP contribution in [0.15, 0.2) is 121 Å². The Balaban J connectivity index is 1.35. The molecule has 2 atom stereocenters. The Labute approximate surface area is 301 Å². The highest BCUT2D eigenvalue weighted by atomic mass is 28.5. The lowest BCUT2D eigenvalue weighted by molar-refractivity contribution is 0.220. The number of aryl methyl sites for hydroxylation is 4. The van der Waals surface area contributed by atoms with Crippen LogP contribution in [0.25, 0.3) is 0 Å². The number of hydrogen-bond donors (Lipinski definition) is 0. The third kappa shape index (κ3) is 12.7. The number of hydrogen-bond acceptors (Lipinski definition) is 4. The van der Waals surface area contributed by atoms with Crippen LogP contribution in [0.3, 0.4) is 0 Å². The maximum Gasteiger partial charge on any atom is 0.317 e. The molecule has 4 aromatic rings. The zero-order chi connectivity index (χ0) is 34.5. The highest BCUT2D eigenvalue weighted by Crippen LogP contribution is 2.39. The number of benzene rings is 4. The number of rotatable bonds is 17. The minimum Gasteiger partial charge on any atom is -0.416 e. The van der Waals surface area contributed by atoms with Crippen molar-refractivity contribution in [2.24, 2.45) is 0 Å². The van der Waals surface area contributed by atoms with Crippen LogP contribution in [-0.2, 0) is 42.1 Å². The fraction of sp³-hybridized carbons (Fsp3) is 0.415. The lowest BCUT2D eigenvalue weighted by Gasteiger charge is -2.50. The predicted molar refractivity (Wildman–Crippen MR) is 214 cm³/mol. The van der Waals surface area contributed by atoms with Gasteiger partial charge in [0.2, 0.25) is 0 Å². The molecule has 0 N–H and O–H groups in total. The molecule has 0 spiro atoms. The van der Waals surface area contributed by atoms with Crippen molar-refractivity contribution in [2.75, 3.05) is 0 Å². The fourth-order valence-electron chi connectivity index (χ4n) is 7.51. The van der Waals surface area contributed by atoms with Crippen LogP contribution in [0.5, 0.6) is 0 Å². The third-order valence-electron chi connectivity index (χ3n) is 9.73. The molecule has 1 heterocycles. The first-order valence-electron chi connectivity index (χ1n) is 18.6. The van der Waals surface area contributed by atoms with Crippen molar-refractivity contribution in [2.45, 2.75) is 108 Å². The summed E-state index contributed by atoms with van der Waals surface area (Å²) in [7, 11) is -10.6. The molecule has 0 bridgehead atoms. The van der Waals surface area contributed by atoms with E-state index in [1.54, 1.807) is 0 Å². The first-order valence-corrected chi connectivity index (χ1v) is 28.7. The molecule has 4 aromatic carbocycles. The highest BCUT2D eigenvalue weighted by molar-refractivity contribution is 6.93. The molecule has 4 nitrogen and oxygen atoms in total. The minimum atomic E-state index is -2.65. The van der Waals surface area contributed by atoms with Gasteiger partial charge in [-0.25, -0.2) is 0 Å². The quantitative estimate of drug-likeness (QED) is 0.0802. The molecular weight excluding hydrogens is 669 g/mol. The van der Waals surface area contributed by atoms with E-state index in [1.165, 1.54) is 22.3 Å². The molecule has 0 aromatic heterocycles. The van der Waals surface area contributed by atoms with Gasteiger partial charge >= 0.3 is 34.2 Å². The summed E-state index contributed by atoms with van der Waals surface area (Å²) in [6.45, 7) is 9.29. The zero-order valence-electron chi connectivity index (χ0n) is 30.4. The van der Waals surface area contributed by atoms with Crippen LogP contribution in [0, 0.1) is 0 Å². The van der Waals surface area contributed by atoms with Gasteiger partial charge in [0.1, 0.15) is 0 Å². The molecule has 1 aliphatic rings. The second kappa shape index (κ2) is 18.2. The predicted octanol–water partition coefficient (Wildman–Crippen LogP) is 11.3. The number of unbranched alkanes of at least 4 members (excludes halogenated alkanes) is 1. The molecule has 1 saturated heterocycles. The van der Waals surface area contributed by atoms with E-state index >= 15 is 0 Å². The van der Waals surface area contributed by atoms with Gasteiger partial charge in [-0.1, -0.05) is 128 Å². The van der Waals surface area contributed by atoms with E-state index < -0.39 is 34.2 Å². The summed E-state index contributed by atoms with van der Waals surface area (Å²) in [4.78, 5) is 0. The smallest absolute Gasteiger partial charge is 0.317 e. The van der Waals surface area contributed by atoms with Crippen LogP contribution in [0.2, 0.25) is 50.4 Å². The standard InChI is InChI=1S/C41H58O4Si4/c1-46(34-18-17-30-38-22-9-5-10-23-38)42-47(2,35-19-31-39-24-11-6-12-25-39)44-49(4,37-21-33-41-28-15-8-16-29-41)45-48(3,43-46)36-20-32-40-26-13-7-14-27-40/h5-16,22-29H,17-21,30-37H2,1-4H3. The van der Waals surface area contributed by atoms with E-state index in [-0.39, 0.29) is 0 Å². The van der Waals surface area contributed by atoms with Crippen molar-refractivity contribution in [1.29, 1.82) is 0 Å². The lowest BCUT2D eigenvalue weighted by Crippen LogP contribution is -2.67. The van der Waals surface area contributed by atoms with Gasteiger partial charge < -0.3 is 16.5 Å². The second-order valence-electron chi connectivity index (χ2n) is 14.7. The van der Waals surface area contributed by atoms with Gasteiger partial charge in [-0.15, -0.1) is 0 Å². The molecule has 8 heteroatoms. The SMILES string of the molecule is C[Si]1(CCCCc2ccccc2)O[Si](C)(CCCc2ccccc2)O[Si](C)(CCCc2ccccc2)O[Si](C)(CCCc2ccccc2)O1. The Bertz CT molecular complexity index is 1450. The molecule has 262 valence electrons. The molecule has 0 radical (unpaired) electrons. The maximum absolute atomic E-state index is 7.50. The summed E-state index contributed by atoms with van der Waals surface area (Å²) >= 11 is 0. The molecule has 0 aliphatic carbocycles. The summed E-state index contributed by atoms with van der Waals surface area (Å²) in [5.41, 5.74) is 5.53. The largest absolute Gasteiger partial charge is 0.416 e. The zero-order valence-corrected chi connectivity index (χ0v) is 34.4. The maximum atomic E-state index is 7.50. The molecular formula is C41H58O4Si4. The molecule has 1 aliphatic heterocycles. The van der Waals surface area contributed by atoms with Gasteiger partial charge in [0, 0.05) is 0 Å². The summed E-state index contributed by atoms with van der Waals surface area (Å²) in [5, 5.41) is 0. The monoisotopic (exact) mass is 726 g/mol. The normalized spacial score (nSPS) is 25.8. The molecule has 1 fully saturated rings. The second-order valence-corrected chi connectivity index (χ2v) is 29.0. The molecule has 5 rings (SSSR count). The first-order chi connectivity index (χ1) is 23.6. The van der Waals surface area contributed by atoms with E-state index in [2.05, 4.69) is 148 Å². The van der Waals surface area contributed by atoms with E-state index in [4.69, 9.17) is 16.5 Å². The van der Waals surface area contributed by atoms with E-state index in [0.717, 1.165) is 82.0 Å². The average Bonchev–Trinajstić information content (AvgIpc) is 3.08. The molecule has 49 heavy (non-hydrogen) atoms. The van der Waals surface area contributed by atoms with E-state index in [0.29, 0.717) is 0 Å². The summed E-state index contributed by atoms with van der Waals surface area (Å²) < 4.78 is 30.0. The first kappa shape index (κ1) is 37.8. The van der Waals surface area contributed by atoms with Crippen molar-refractivity contribution >= 4 is 34.2 Å². The van der Waals surface area contributed by atoms with Crippen LogP contribution in [0.1, 0.15) is 54.4 Å². The Morgan fingerprint density at radius 3 is 0.796 bits per heavy atom. The minimum absolute atomic E-state index is 0.951. The lowest BCUT2D eigenvalue weighted by atomic mass is 10.1. The Kier molecular flexibility index (Phi) is 14.0. The van der Waals surface area contributed by atoms with Gasteiger partial charge in [0.15, 0.2) is 0 Å². The Morgan fingerprint density at radius 2 is 0.531 bits per heavy atom. The average molecular weight is 727 g/mol. The third-order valence-corrected chi connectivity index (χ3v) is 28.6. The van der Waals surface area contributed by atoms with Crippen molar-refractivity contribution < 1.29 is 16.5 Å². The summed E-state index contributed by atoms with van der Waals surface area (Å²) in [6, 6.07) is 47.2. The van der Waals surface area contributed by atoms with Gasteiger partial charge in [0.05, 0.1) is 0 Å². The van der Waals surface area contributed by atoms with Crippen LogP contribution >= 0.6 is 0 Å². The highest BCUT2D eigenvalue weighted by Gasteiger charge is 2.56. The van der Waals surface area contributed by atoms with Crippen LogP contribution < -0.4 is 0 Å². The van der Waals surface area contributed by atoms with Crippen molar-refractivity contribution in [3.63, 3.8) is 0 Å². The van der Waals surface area contributed by atoms with Crippen molar-refractivity contribution in [1.82, 2.24) is 0 Å². The van der Waals surface area contributed by atoms with E-state index in [1.807, 2.05) is 0 Å². The molecule has 2 unspecified atom stereocenters. The van der Waals surface area contributed by atoms with Gasteiger partial charge in [0.25, 0.3) is 0 Å². The topological polar surface area (TPSA) is 36.9 Å². The summed E-state index contributed by atoms with van der Waals surface area (Å²) in [5.74, 6) is 0. The van der Waals surface area contributed by atoms with E-state index in [9.17, 15) is 0 Å². The van der Waals surface area contributed by atoms with Crippen molar-refractivity contribution in [3.8, 4) is 0 Å². The van der Waals surface area contributed by atoms with Gasteiger partial charge in [-0.2, -0.15) is 0 Å². The van der Waals surface area contributed by atoms with Gasteiger partial charge in [-0.05, 0) is 124 Å². The Morgan fingerprint density at radius 1 is 0.306 bits per heavy atom. The fourth-order valence-corrected chi connectivity index (χ4v) is 30.9. The van der Waals surface area contributed by atoms with Crippen LogP contribution in [0.4, 0.5) is 0 Å². The summed E-state index contributed by atoms with van der Waals surface area (Å²) in [6.07, 6.45) is 9.54. The molecule has 0 saturated carbocycles. The van der Waals surface area contributed by atoms with Gasteiger partial charge in [-0.3, -0.25) is 0 Å². The molecule has 0 amide bonds.